The second-order valence-corrected chi connectivity index (χ2v) is 7.33. The molecule has 1 aromatic rings. The molecule has 7 nitrogen and oxygen atoms in total. The Balaban J connectivity index is 1.49. The van der Waals surface area contributed by atoms with Gasteiger partial charge in [-0.1, -0.05) is 30.3 Å². The molecule has 2 heterocycles. The van der Waals surface area contributed by atoms with Gasteiger partial charge in [-0.2, -0.15) is 0 Å². The van der Waals surface area contributed by atoms with Crippen LogP contribution in [-0.2, 0) is 20.9 Å². The summed E-state index contributed by atoms with van der Waals surface area (Å²) in [5, 5.41) is 0. The van der Waals surface area contributed by atoms with Crippen LogP contribution in [-0.4, -0.2) is 53.9 Å². The molecule has 146 valence electrons. The van der Waals surface area contributed by atoms with Gasteiger partial charge in [0.15, 0.2) is 0 Å². The number of benzene rings is 1. The minimum absolute atomic E-state index is 0.0680. The van der Waals surface area contributed by atoms with Gasteiger partial charge < -0.3 is 20.3 Å². The molecule has 1 unspecified atom stereocenters. The average molecular weight is 373 g/mol. The van der Waals surface area contributed by atoms with Crippen LogP contribution in [0.5, 0.6) is 0 Å². The number of likely N-dealkylation sites (tertiary alicyclic amines) is 2. The number of piperidine rings is 2. The van der Waals surface area contributed by atoms with Crippen molar-refractivity contribution in [1.82, 2.24) is 9.80 Å². The monoisotopic (exact) mass is 373 g/mol. The Morgan fingerprint density at radius 1 is 0.963 bits per heavy atom. The number of hydrogen-bond acceptors (Lipinski definition) is 4. The van der Waals surface area contributed by atoms with Gasteiger partial charge in [-0.15, -0.1) is 0 Å². The molecule has 2 aliphatic heterocycles. The maximum absolute atomic E-state index is 12.8. The van der Waals surface area contributed by atoms with Crippen molar-refractivity contribution < 1.29 is 19.1 Å². The number of rotatable bonds is 4. The summed E-state index contributed by atoms with van der Waals surface area (Å²) in [7, 11) is 0. The highest BCUT2D eigenvalue weighted by atomic mass is 16.6. The zero-order valence-corrected chi connectivity index (χ0v) is 15.5. The van der Waals surface area contributed by atoms with E-state index in [-0.39, 0.29) is 36.4 Å². The van der Waals surface area contributed by atoms with Crippen molar-refractivity contribution in [3.8, 4) is 0 Å². The number of carbonyl (C=O) groups excluding carboxylic acids is 3. The Morgan fingerprint density at radius 3 is 2.33 bits per heavy atom. The van der Waals surface area contributed by atoms with Gasteiger partial charge in [0.25, 0.3) is 0 Å². The van der Waals surface area contributed by atoms with Crippen LogP contribution >= 0.6 is 0 Å². The van der Waals surface area contributed by atoms with Crippen molar-refractivity contribution in [2.24, 2.45) is 17.6 Å². The number of nitrogens with two attached hydrogens (primary N) is 1. The Morgan fingerprint density at radius 2 is 1.67 bits per heavy atom. The summed E-state index contributed by atoms with van der Waals surface area (Å²) in [6.45, 7) is 2.35. The lowest BCUT2D eigenvalue weighted by atomic mass is 9.92. The third kappa shape index (κ3) is 4.99. The summed E-state index contributed by atoms with van der Waals surface area (Å²) in [5.41, 5.74) is 6.29. The average Bonchev–Trinajstić information content (AvgIpc) is 2.72. The molecule has 3 amide bonds. The number of ether oxygens (including phenoxy) is 1. The second-order valence-electron chi connectivity index (χ2n) is 7.33. The third-order valence-corrected chi connectivity index (χ3v) is 5.44. The molecule has 2 saturated heterocycles. The first kappa shape index (κ1) is 19.2. The third-order valence-electron chi connectivity index (χ3n) is 5.44. The Bertz CT molecular complexity index is 671. The highest BCUT2D eigenvalue weighted by Gasteiger charge is 2.34. The number of hydrogen-bond donors (Lipinski definition) is 1. The van der Waals surface area contributed by atoms with E-state index < -0.39 is 0 Å². The lowest BCUT2D eigenvalue weighted by molar-refractivity contribution is -0.140. The zero-order chi connectivity index (χ0) is 19.2. The van der Waals surface area contributed by atoms with E-state index in [1.807, 2.05) is 35.2 Å². The first-order chi connectivity index (χ1) is 13.0. The Hall–Kier alpha value is -2.57. The van der Waals surface area contributed by atoms with Gasteiger partial charge in [-0.05, 0) is 31.2 Å². The van der Waals surface area contributed by atoms with E-state index in [1.165, 1.54) is 0 Å². The molecule has 2 aliphatic rings. The maximum Gasteiger partial charge on any atom is 0.410 e. The first-order valence-electron chi connectivity index (χ1n) is 9.58. The van der Waals surface area contributed by atoms with Gasteiger partial charge in [0.2, 0.25) is 11.8 Å². The SMILES string of the molecule is NC(=O)C1CCN(C(=O)C2CCCN(C(=O)OCc3ccccc3)C2)CC1. The first-order valence-corrected chi connectivity index (χ1v) is 9.58. The lowest BCUT2D eigenvalue weighted by Crippen LogP contribution is -2.49. The van der Waals surface area contributed by atoms with Crippen LogP contribution < -0.4 is 5.73 Å². The maximum atomic E-state index is 12.8. The zero-order valence-electron chi connectivity index (χ0n) is 15.5. The van der Waals surface area contributed by atoms with Crippen LogP contribution in [0.3, 0.4) is 0 Å². The molecule has 3 rings (SSSR count). The quantitative estimate of drug-likeness (QED) is 0.870. The summed E-state index contributed by atoms with van der Waals surface area (Å²) in [6, 6.07) is 9.54. The van der Waals surface area contributed by atoms with Crippen molar-refractivity contribution in [2.45, 2.75) is 32.3 Å². The number of nitrogens with zero attached hydrogens (tertiary/aromatic N) is 2. The van der Waals surface area contributed by atoms with Gasteiger partial charge >= 0.3 is 6.09 Å². The van der Waals surface area contributed by atoms with E-state index in [1.54, 1.807) is 4.90 Å². The van der Waals surface area contributed by atoms with Crippen molar-refractivity contribution in [3.63, 3.8) is 0 Å². The summed E-state index contributed by atoms with van der Waals surface area (Å²) >= 11 is 0. The van der Waals surface area contributed by atoms with Gasteiger partial charge in [0.1, 0.15) is 6.61 Å². The standard InChI is InChI=1S/C20H27N3O4/c21-18(24)16-8-11-22(12-9-16)19(25)17-7-4-10-23(13-17)20(26)27-14-15-5-2-1-3-6-15/h1-3,5-6,16-17H,4,7-14H2,(H2,21,24). The largest absolute Gasteiger partial charge is 0.445 e. The van der Waals surface area contributed by atoms with Gasteiger partial charge in [-0.25, -0.2) is 4.79 Å². The molecule has 0 aromatic heterocycles. The van der Waals surface area contributed by atoms with Crippen LogP contribution in [0.4, 0.5) is 4.79 Å². The van der Waals surface area contributed by atoms with Crippen LogP contribution in [0, 0.1) is 11.8 Å². The lowest BCUT2D eigenvalue weighted by Gasteiger charge is -2.37. The van der Waals surface area contributed by atoms with Crippen molar-refractivity contribution in [3.05, 3.63) is 35.9 Å². The van der Waals surface area contributed by atoms with E-state index >= 15 is 0 Å². The molecule has 2 N–H and O–H groups in total. The van der Waals surface area contributed by atoms with E-state index in [0.29, 0.717) is 39.0 Å². The summed E-state index contributed by atoms with van der Waals surface area (Å²) in [4.78, 5) is 39.9. The molecule has 7 heteroatoms. The molecule has 0 spiro atoms. The van der Waals surface area contributed by atoms with Crippen LogP contribution in [0.15, 0.2) is 30.3 Å². The summed E-state index contributed by atoms with van der Waals surface area (Å²) in [5.74, 6) is -0.552. The van der Waals surface area contributed by atoms with Crippen LogP contribution in [0.2, 0.25) is 0 Å². The minimum Gasteiger partial charge on any atom is -0.445 e. The number of amides is 3. The van der Waals surface area contributed by atoms with Crippen molar-refractivity contribution >= 4 is 17.9 Å². The van der Waals surface area contributed by atoms with Crippen LogP contribution in [0.25, 0.3) is 0 Å². The van der Waals surface area contributed by atoms with E-state index in [9.17, 15) is 14.4 Å². The fourth-order valence-electron chi connectivity index (χ4n) is 3.80. The molecule has 1 aromatic carbocycles. The fourth-order valence-corrected chi connectivity index (χ4v) is 3.80. The molecule has 27 heavy (non-hydrogen) atoms. The molecule has 0 radical (unpaired) electrons. The Labute approximate surface area is 159 Å². The number of primary amides is 1. The smallest absolute Gasteiger partial charge is 0.410 e. The second kappa shape index (κ2) is 8.88. The minimum atomic E-state index is -0.371. The van der Waals surface area contributed by atoms with Gasteiger partial charge in [0, 0.05) is 32.1 Å². The molecule has 2 fully saturated rings. The topological polar surface area (TPSA) is 92.9 Å². The normalized spacial score (nSPS) is 21.0. The summed E-state index contributed by atoms with van der Waals surface area (Å²) < 4.78 is 5.39. The Kier molecular flexibility index (Phi) is 6.32. The highest BCUT2D eigenvalue weighted by molar-refractivity contribution is 5.81. The van der Waals surface area contributed by atoms with Crippen molar-refractivity contribution in [2.75, 3.05) is 26.2 Å². The molecule has 1 atom stereocenters. The molecule has 0 saturated carbocycles. The number of carbonyl (C=O) groups is 3. The van der Waals surface area contributed by atoms with Gasteiger partial charge in [0.05, 0.1) is 5.92 Å². The van der Waals surface area contributed by atoms with E-state index in [2.05, 4.69) is 0 Å². The fraction of sp³-hybridized carbons (Fsp3) is 0.550. The molecular weight excluding hydrogens is 346 g/mol. The molecule has 0 bridgehead atoms. The molecule has 0 aliphatic carbocycles. The summed E-state index contributed by atoms with van der Waals surface area (Å²) in [6.07, 6.45) is 2.43. The van der Waals surface area contributed by atoms with Gasteiger partial charge in [-0.3, -0.25) is 9.59 Å². The van der Waals surface area contributed by atoms with Crippen LogP contribution in [0.1, 0.15) is 31.2 Å². The predicted octanol–water partition coefficient (Wildman–Crippen LogP) is 1.76. The van der Waals surface area contributed by atoms with E-state index in [4.69, 9.17) is 10.5 Å². The van der Waals surface area contributed by atoms with Crippen molar-refractivity contribution in [1.29, 1.82) is 0 Å². The predicted molar refractivity (Wildman–Crippen MR) is 99.4 cm³/mol. The highest BCUT2D eigenvalue weighted by Crippen LogP contribution is 2.23. The van der Waals surface area contributed by atoms with E-state index in [0.717, 1.165) is 18.4 Å². The molecular formula is C20H27N3O4.